The van der Waals surface area contributed by atoms with Gasteiger partial charge in [-0.2, -0.15) is 5.10 Å². The van der Waals surface area contributed by atoms with Crippen molar-refractivity contribution in [1.29, 1.82) is 0 Å². The maximum Gasteiger partial charge on any atom is 0.159 e. The summed E-state index contributed by atoms with van der Waals surface area (Å²) in [5.41, 5.74) is 8.00. The second-order valence-corrected chi connectivity index (χ2v) is 9.48. The van der Waals surface area contributed by atoms with Crippen molar-refractivity contribution in [3.63, 3.8) is 0 Å². The molecule has 9 heteroatoms. The Labute approximate surface area is 212 Å². The summed E-state index contributed by atoms with van der Waals surface area (Å²) >= 11 is 0. The Bertz CT molecular complexity index is 1720. The van der Waals surface area contributed by atoms with Crippen molar-refractivity contribution in [2.45, 2.75) is 25.5 Å². The largest absolute Gasteiger partial charge is 0.374 e. The molecule has 1 atom stereocenters. The highest BCUT2D eigenvalue weighted by Crippen LogP contribution is 2.34. The highest BCUT2D eigenvalue weighted by molar-refractivity contribution is 5.98. The summed E-state index contributed by atoms with van der Waals surface area (Å²) < 4.78 is 0. The van der Waals surface area contributed by atoms with Gasteiger partial charge in [-0.05, 0) is 54.3 Å². The normalized spacial score (nSPS) is 14.6. The van der Waals surface area contributed by atoms with Crippen molar-refractivity contribution in [2.75, 3.05) is 5.32 Å². The second-order valence-electron chi connectivity index (χ2n) is 9.48. The molecule has 0 bridgehead atoms. The van der Waals surface area contributed by atoms with E-state index in [1.54, 1.807) is 24.8 Å². The van der Waals surface area contributed by atoms with Crippen LogP contribution < -0.4 is 5.32 Å². The molecule has 9 nitrogen and oxygen atoms in total. The number of aromatic amines is 2. The number of aliphatic hydroxyl groups is 1. The number of benzene rings is 1. The van der Waals surface area contributed by atoms with E-state index in [0.29, 0.717) is 11.7 Å². The molecule has 1 aromatic carbocycles. The summed E-state index contributed by atoms with van der Waals surface area (Å²) in [6.07, 6.45) is 13.4. The monoisotopic (exact) mass is 488 g/mol. The number of aliphatic hydroxyl groups excluding tert-OH is 1. The fourth-order valence-corrected chi connectivity index (χ4v) is 4.88. The molecule has 4 N–H and O–H groups in total. The van der Waals surface area contributed by atoms with Crippen LogP contribution in [0.5, 0.6) is 0 Å². The third kappa shape index (κ3) is 3.89. The zero-order valence-electron chi connectivity index (χ0n) is 19.9. The van der Waals surface area contributed by atoms with E-state index in [1.165, 1.54) is 6.42 Å². The smallest absolute Gasteiger partial charge is 0.159 e. The molecule has 7 rings (SSSR count). The van der Waals surface area contributed by atoms with Gasteiger partial charge in [0.2, 0.25) is 0 Å². The van der Waals surface area contributed by atoms with E-state index in [9.17, 15) is 5.11 Å². The first-order valence-corrected chi connectivity index (χ1v) is 12.4. The van der Waals surface area contributed by atoms with Gasteiger partial charge in [0.15, 0.2) is 5.82 Å². The number of rotatable bonds is 6. The highest BCUT2D eigenvalue weighted by Gasteiger charge is 2.25. The van der Waals surface area contributed by atoms with Gasteiger partial charge in [-0.15, -0.1) is 0 Å². The van der Waals surface area contributed by atoms with Gasteiger partial charge in [0.1, 0.15) is 11.9 Å². The standard InChI is InChI=1S/C28H24N8O/c37-28(17-2-1-3-17)32-20-10-19(12-30-13-20)18-4-5-23-21(11-18)26(36-35-23)27-33-24-15-31-14-22(25(24)34-27)16-6-8-29-9-7-16/h4-15,17,28,32,37H,1-3H2,(H,33,34)(H,35,36). The summed E-state index contributed by atoms with van der Waals surface area (Å²) in [6.45, 7) is 0. The number of nitrogens with one attached hydrogen (secondary N) is 3. The molecule has 0 amide bonds. The van der Waals surface area contributed by atoms with Gasteiger partial charge in [0.25, 0.3) is 0 Å². The third-order valence-electron chi connectivity index (χ3n) is 7.16. The Hall–Kier alpha value is -4.63. The van der Waals surface area contributed by atoms with Gasteiger partial charge >= 0.3 is 0 Å². The first-order chi connectivity index (χ1) is 18.2. The highest BCUT2D eigenvalue weighted by atomic mass is 16.3. The zero-order valence-corrected chi connectivity index (χ0v) is 19.9. The van der Waals surface area contributed by atoms with Crippen LogP contribution in [-0.4, -0.2) is 46.5 Å². The third-order valence-corrected chi connectivity index (χ3v) is 7.16. The van der Waals surface area contributed by atoms with Crippen LogP contribution in [-0.2, 0) is 0 Å². The number of H-pyrrole nitrogens is 2. The lowest BCUT2D eigenvalue weighted by Gasteiger charge is -2.31. The molecule has 37 heavy (non-hydrogen) atoms. The van der Waals surface area contributed by atoms with E-state index in [-0.39, 0.29) is 0 Å². The number of hydrogen-bond donors (Lipinski definition) is 4. The lowest BCUT2D eigenvalue weighted by Crippen LogP contribution is -2.33. The molecule has 0 saturated heterocycles. The Morgan fingerprint density at radius 1 is 0.865 bits per heavy atom. The van der Waals surface area contributed by atoms with Gasteiger partial charge in [0, 0.05) is 47.2 Å². The minimum absolute atomic E-state index is 0.312. The molecule has 1 aliphatic carbocycles. The molecule has 5 aromatic heterocycles. The van der Waals surface area contributed by atoms with E-state index in [1.807, 2.05) is 42.7 Å². The minimum atomic E-state index is -0.548. The SMILES string of the molecule is OC(Nc1cncc(-c2ccc3[nH]nc(-c4nc5c(-c6ccncc6)cncc5[nH]4)c3c2)c1)C1CCC1. The summed E-state index contributed by atoms with van der Waals surface area (Å²) in [5, 5.41) is 22.3. The molecule has 6 aromatic rings. The Morgan fingerprint density at radius 3 is 2.57 bits per heavy atom. The van der Waals surface area contributed by atoms with Crippen LogP contribution in [0.15, 0.2) is 73.6 Å². The molecule has 5 heterocycles. The molecule has 0 aliphatic heterocycles. The van der Waals surface area contributed by atoms with Crippen molar-refractivity contribution in [3.8, 4) is 33.8 Å². The van der Waals surface area contributed by atoms with Gasteiger partial charge in [0.05, 0.1) is 34.6 Å². The summed E-state index contributed by atoms with van der Waals surface area (Å²) in [6, 6.07) is 12.1. The molecule has 1 aliphatic rings. The van der Waals surface area contributed by atoms with E-state index in [4.69, 9.17) is 4.98 Å². The summed E-state index contributed by atoms with van der Waals surface area (Å²) in [7, 11) is 0. The van der Waals surface area contributed by atoms with Crippen molar-refractivity contribution >= 4 is 27.6 Å². The lowest BCUT2D eigenvalue weighted by molar-refractivity contribution is 0.0851. The number of aromatic nitrogens is 7. The van der Waals surface area contributed by atoms with Gasteiger partial charge in [-0.1, -0.05) is 12.5 Å². The molecule has 182 valence electrons. The fourth-order valence-electron chi connectivity index (χ4n) is 4.88. The van der Waals surface area contributed by atoms with E-state index in [2.05, 4.69) is 41.5 Å². The van der Waals surface area contributed by atoms with Crippen LogP contribution in [0.4, 0.5) is 5.69 Å². The van der Waals surface area contributed by atoms with Crippen LogP contribution in [0, 0.1) is 5.92 Å². The Morgan fingerprint density at radius 2 is 1.73 bits per heavy atom. The average Bonchev–Trinajstić information content (AvgIpc) is 3.52. The van der Waals surface area contributed by atoms with Crippen molar-refractivity contribution in [2.24, 2.45) is 5.92 Å². The molecule has 1 unspecified atom stereocenters. The zero-order chi connectivity index (χ0) is 24.8. The number of nitrogens with zero attached hydrogens (tertiary/aromatic N) is 5. The summed E-state index contributed by atoms with van der Waals surface area (Å²) in [5.74, 6) is 0.977. The lowest BCUT2D eigenvalue weighted by atomic mass is 9.84. The Kier molecular flexibility index (Phi) is 5.14. The average molecular weight is 489 g/mol. The minimum Gasteiger partial charge on any atom is -0.374 e. The van der Waals surface area contributed by atoms with Crippen molar-refractivity contribution in [1.82, 2.24) is 35.1 Å². The number of pyridine rings is 3. The van der Waals surface area contributed by atoms with E-state index >= 15 is 0 Å². The molecule has 0 radical (unpaired) electrons. The van der Waals surface area contributed by atoms with E-state index in [0.717, 1.165) is 68.4 Å². The Balaban J connectivity index is 1.26. The van der Waals surface area contributed by atoms with Crippen LogP contribution in [0.1, 0.15) is 19.3 Å². The first-order valence-electron chi connectivity index (χ1n) is 12.4. The maximum atomic E-state index is 10.4. The second kappa shape index (κ2) is 8.79. The molecule has 1 saturated carbocycles. The quantitative estimate of drug-likeness (QED) is 0.239. The molecular weight excluding hydrogens is 464 g/mol. The maximum absolute atomic E-state index is 10.4. The number of fused-ring (bicyclic) bond motifs is 2. The number of anilines is 1. The van der Waals surface area contributed by atoms with Crippen LogP contribution in [0.2, 0.25) is 0 Å². The topological polar surface area (TPSA) is 128 Å². The number of hydrogen-bond acceptors (Lipinski definition) is 7. The van der Waals surface area contributed by atoms with Crippen molar-refractivity contribution < 1.29 is 5.11 Å². The predicted molar refractivity (Wildman–Crippen MR) is 142 cm³/mol. The molecule has 0 spiro atoms. The molecular formula is C28H24N8O. The van der Waals surface area contributed by atoms with E-state index < -0.39 is 6.23 Å². The first kappa shape index (κ1) is 21.6. The molecule has 1 fully saturated rings. The van der Waals surface area contributed by atoms with Crippen molar-refractivity contribution in [3.05, 3.63) is 73.6 Å². The van der Waals surface area contributed by atoms with Gasteiger partial charge in [-0.3, -0.25) is 20.1 Å². The number of imidazole rings is 1. The fraction of sp³-hybridized carbons (Fsp3) is 0.179. The van der Waals surface area contributed by atoms with Gasteiger partial charge < -0.3 is 15.4 Å². The summed E-state index contributed by atoms with van der Waals surface area (Å²) in [4.78, 5) is 21.2. The predicted octanol–water partition coefficient (Wildman–Crippen LogP) is 5.16. The van der Waals surface area contributed by atoms with Crippen LogP contribution in [0.25, 0.3) is 55.7 Å². The van der Waals surface area contributed by atoms with Gasteiger partial charge in [-0.25, -0.2) is 4.98 Å². The van der Waals surface area contributed by atoms with Crippen LogP contribution >= 0.6 is 0 Å². The van der Waals surface area contributed by atoms with Crippen LogP contribution in [0.3, 0.4) is 0 Å².